The summed E-state index contributed by atoms with van der Waals surface area (Å²) in [5, 5.41) is 0. The van der Waals surface area contributed by atoms with Gasteiger partial charge in [-0.1, -0.05) is 24.6 Å². The molecule has 3 rings (SSSR count). The van der Waals surface area contributed by atoms with E-state index in [4.69, 9.17) is 0 Å². The lowest BCUT2D eigenvalue weighted by atomic mass is 10.0. The van der Waals surface area contributed by atoms with Crippen molar-refractivity contribution in [1.82, 2.24) is 14.3 Å². The van der Waals surface area contributed by atoms with Gasteiger partial charge in [-0.15, -0.1) is 0 Å². The Morgan fingerprint density at radius 3 is 2.59 bits per heavy atom. The van der Waals surface area contributed by atoms with Crippen LogP contribution in [-0.2, 0) is 13.6 Å². The van der Waals surface area contributed by atoms with Crippen molar-refractivity contribution in [3.63, 3.8) is 0 Å². The predicted molar refractivity (Wildman–Crippen MR) is 89.5 cm³/mol. The standard InChI is InChI=1S/C18H25N3O/c1-14-9-7-8-12-20(14)13-17-15(2)19(3)21(18(17)22)16-10-5-4-6-11-16/h4-6,10-11,14H,7-9,12-13H2,1-3H3/t14-/m0/s1. The number of hydrogen-bond acceptors (Lipinski definition) is 2. The molecule has 1 aliphatic heterocycles. The third-order valence-corrected chi connectivity index (χ3v) is 4.98. The highest BCUT2D eigenvalue weighted by atomic mass is 16.1. The Hall–Kier alpha value is -1.81. The number of benzene rings is 1. The summed E-state index contributed by atoms with van der Waals surface area (Å²) < 4.78 is 3.75. The Kier molecular flexibility index (Phi) is 4.21. The van der Waals surface area contributed by atoms with Gasteiger partial charge in [0, 0.05) is 25.3 Å². The first-order chi connectivity index (χ1) is 10.6. The molecule has 0 bridgehead atoms. The first kappa shape index (κ1) is 15.1. The molecule has 0 amide bonds. The quantitative estimate of drug-likeness (QED) is 0.872. The Balaban J connectivity index is 1.98. The maximum Gasteiger partial charge on any atom is 0.276 e. The monoisotopic (exact) mass is 299 g/mol. The van der Waals surface area contributed by atoms with E-state index in [0.29, 0.717) is 6.04 Å². The zero-order valence-corrected chi connectivity index (χ0v) is 13.7. The van der Waals surface area contributed by atoms with Crippen molar-refractivity contribution in [1.29, 1.82) is 0 Å². The Morgan fingerprint density at radius 2 is 1.91 bits per heavy atom. The van der Waals surface area contributed by atoms with Crippen LogP contribution in [0.2, 0.25) is 0 Å². The van der Waals surface area contributed by atoms with Gasteiger partial charge in [0.05, 0.1) is 11.3 Å². The molecule has 4 heteroatoms. The number of rotatable bonds is 3. The van der Waals surface area contributed by atoms with Gasteiger partial charge in [-0.25, -0.2) is 4.68 Å². The molecule has 1 fully saturated rings. The molecule has 0 saturated carbocycles. The molecule has 0 radical (unpaired) electrons. The lowest BCUT2D eigenvalue weighted by Gasteiger charge is -2.32. The lowest BCUT2D eigenvalue weighted by molar-refractivity contribution is 0.152. The summed E-state index contributed by atoms with van der Waals surface area (Å²) in [6, 6.07) is 10.4. The summed E-state index contributed by atoms with van der Waals surface area (Å²) in [6.45, 7) is 6.18. The second-order valence-corrected chi connectivity index (χ2v) is 6.36. The van der Waals surface area contributed by atoms with Gasteiger partial charge in [-0.3, -0.25) is 14.4 Å². The zero-order chi connectivity index (χ0) is 15.7. The topological polar surface area (TPSA) is 30.2 Å². The van der Waals surface area contributed by atoms with E-state index in [2.05, 4.69) is 11.8 Å². The van der Waals surface area contributed by atoms with E-state index in [9.17, 15) is 4.79 Å². The van der Waals surface area contributed by atoms with Crippen LogP contribution in [0.3, 0.4) is 0 Å². The SMILES string of the molecule is Cc1c(CN2CCCC[C@@H]2C)c(=O)n(-c2ccccc2)n1C. The van der Waals surface area contributed by atoms with Crippen molar-refractivity contribution in [2.24, 2.45) is 7.05 Å². The fraction of sp³-hybridized carbons (Fsp3) is 0.500. The molecule has 118 valence electrons. The van der Waals surface area contributed by atoms with Crippen molar-refractivity contribution in [2.45, 2.75) is 45.7 Å². The molecule has 4 nitrogen and oxygen atoms in total. The van der Waals surface area contributed by atoms with Gasteiger partial charge in [0.1, 0.15) is 0 Å². The van der Waals surface area contributed by atoms with Crippen molar-refractivity contribution < 1.29 is 0 Å². The molecule has 0 aliphatic carbocycles. The maximum atomic E-state index is 12.9. The van der Waals surface area contributed by atoms with E-state index >= 15 is 0 Å². The van der Waals surface area contributed by atoms with Crippen LogP contribution in [-0.4, -0.2) is 26.9 Å². The number of hydrogen-bond donors (Lipinski definition) is 0. The summed E-state index contributed by atoms with van der Waals surface area (Å²) >= 11 is 0. The molecule has 0 unspecified atom stereocenters. The van der Waals surface area contributed by atoms with Gasteiger partial charge in [-0.2, -0.15) is 0 Å². The van der Waals surface area contributed by atoms with Crippen LogP contribution in [0.4, 0.5) is 0 Å². The lowest BCUT2D eigenvalue weighted by Crippen LogP contribution is -2.38. The molecule has 0 spiro atoms. The predicted octanol–water partition coefficient (Wildman–Crippen LogP) is 2.86. The largest absolute Gasteiger partial charge is 0.296 e. The molecule has 22 heavy (non-hydrogen) atoms. The maximum absolute atomic E-state index is 12.9. The van der Waals surface area contributed by atoms with Gasteiger partial charge >= 0.3 is 0 Å². The van der Waals surface area contributed by atoms with Gasteiger partial charge in [0.15, 0.2) is 0 Å². The minimum absolute atomic E-state index is 0.115. The van der Waals surface area contributed by atoms with Crippen LogP contribution in [0, 0.1) is 6.92 Å². The molecule has 1 saturated heterocycles. The highest BCUT2D eigenvalue weighted by Crippen LogP contribution is 2.20. The molecule has 1 aromatic heterocycles. The summed E-state index contributed by atoms with van der Waals surface area (Å²) in [5.41, 5.74) is 3.03. The Bertz CT molecular complexity index is 699. The smallest absolute Gasteiger partial charge is 0.276 e. The normalized spacial score (nSPS) is 19.5. The molecule has 0 N–H and O–H groups in total. The minimum atomic E-state index is 0.115. The second-order valence-electron chi connectivity index (χ2n) is 6.36. The van der Waals surface area contributed by atoms with Gasteiger partial charge in [0.2, 0.25) is 0 Å². The van der Waals surface area contributed by atoms with E-state index in [1.54, 1.807) is 4.68 Å². The number of nitrogens with zero attached hydrogens (tertiary/aromatic N) is 3. The van der Waals surface area contributed by atoms with Crippen molar-refractivity contribution in [3.05, 3.63) is 51.9 Å². The Labute approximate surface area is 132 Å². The molecule has 2 heterocycles. The summed E-state index contributed by atoms with van der Waals surface area (Å²) in [6.07, 6.45) is 3.78. The number of likely N-dealkylation sites (tertiary alicyclic amines) is 1. The minimum Gasteiger partial charge on any atom is -0.296 e. The molecular weight excluding hydrogens is 274 g/mol. The highest BCUT2D eigenvalue weighted by Gasteiger charge is 2.23. The van der Waals surface area contributed by atoms with Crippen LogP contribution in [0.1, 0.15) is 37.4 Å². The summed E-state index contributed by atoms with van der Waals surface area (Å²) in [5.74, 6) is 0. The summed E-state index contributed by atoms with van der Waals surface area (Å²) in [4.78, 5) is 15.4. The fourth-order valence-electron chi connectivity index (χ4n) is 3.40. The second kappa shape index (κ2) is 6.13. The van der Waals surface area contributed by atoms with E-state index in [1.807, 2.05) is 49.0 Å². The van der Waals surface area contributed by atoms with E-state index in [-0.39, 0.29) is 5.56 Å². The molecule has 1 aromatic carbocycles. The molecule has 1 atom stereocenters. The van der Waals surface area contributed by atoms with Crippen molar-refractivity contribution in [2.75, 3.05) is 6.54 Å². The average molecular weight is 299 g/mol. The molecule has 1 aliphatic rings. The van der Waals surface area contributed by atoms with Crippen molar-refractivity contribution in [3.8, 4) is 5.69 Å². The van der Waals surface area contributed by atoms with Crippen LogP contribution in [0.25, 0.3) is 5.69 Å². The zero-order valence-electron chi connectivity index (χ0n) is 13.7. The van der Waals surface area contributed by atoms with Gasteiger partial charge in [0.25, 0.3) is 5.56 Å². The first-order valence-electron chi connectivity index (χ1n) is 8.16. The summed E-state index contributed by atoms with van der Waals surface area (Å²) in [7, 11) is 1.97. The number of para-hydroxylation sites is 1. The average Bonchev–Trinajstić information content (AvgIpc) is 2.74. The fourth-order valence-corrected chi connectivity index (χ4v) is 3.40. The molecule has 2 aromatic rings. The third kappa shape index (κ3) is 2.63. The number of aromatic nitrogens is 2. The van der Waals surface area contributed by atoms with Crippen LogP contribution in [0.15, 0.2) is 35.1 Å². The van der Waals surface area contributed by atoms with Gasteiger partial charge < -0.3 is 0 Å². The van der Waals surface area contributed by atoms with E-state index in [0.717, 1.165) is 30.0 Å². The van der Waals surface area contributed by atoms with Crippen molar-refractivity contribution >= 4 is 0 Å². The van der Waals surface area contributed by atoms with Crippen LogP contribution in [0.5, 0.6) is 0 Å². The Morgan fingerprint density at radius 1 is 1.18 bits per heavy atom. The molecular formula is C18H25N3O. The van der Waals surface area contributed by atoms with E-state index < -0.39 is 0 Å². The first-order valence-corrected chi connectivity index (χ1v) is 8.16. The van der Waals surface area contributed by atoms with Crippen LogP contribution < -0.4 is 5.56 Å². The van der Waals surface area contributed by atoms with Gasteiger partial charge in [-0.05, 0) is 45.4 Å². The third-order valence-electron chi connectivity index (χ3n) is 4.98. The van der Waals surface area contributed by atoms with E-state index in [1.165, 1.54) is 19.3 Å². The van der Waals surface area contributed by atoms with Crippen LogP contribution >= 0.6 is 0 Å². The number of piperidine rings is 1. The highest BCUT2D eigenvalue weighted by molar-refractivity contribution is 5.33.